The summed E-state index contributed by atoms with van der Waals surface area (Å²) in [6, 6.07) is 23.1. The summed E-state index contributed by atoms with van der Waals surface area (Å²) in [7, 11) is 0. The molecule has 150 valence electrons. The number of nitrogens with zero attached hydrogens (tertiary/aromatic N) is 1. The molecule has 0 heterocycles. The van der Waals surface area contributed by atoms with Crippen LogP contribution in [0.1, 0.15) is 40.1 Å². The fourth-order valence-corrected chi connectivity index (χ4v) is 2.79. The molecule has 30 heavy (non-hydrogen) atoms. The van der Waals surface area contributed by atoms with Crippen molar-refractivity contribution in [1.29, 1.82) is 5.26 Å². The minimum absolute atomic E-state index is 0.0575. The number of anilines is 3. The molecule has 2 amide bonds. The smallest absolute Gasteiger partial charge is 0.255 e. The lowest BCUT2D eigenvalue weighted by molar-refractivity contribution is 0.0942. The van der Waals surface area contributed by atoms with E-state index in [9.17, 15) is 9.59 Å². The fraction of sp³-hybridized carbons (Fsp3) is 0.125. The highest BCUT2D eigenvalue weighted by Crippen LogP contribution is 2.19. The number of benzene rings is 3. The van der Waals surface area contributed by atoms with E-state index in [4.69, 9.17) is 5.26 Å². The Balaban J connectivity index is 1.66. The Kier molecular flexibility index (Phi) is 6.46. The third-order valence-corrected chi connectivity index (χ3v) is 4.25. The van der Waals surface area contributed by atoms with Gasteiger partial charge >= 0.3 is 0 Å². The summed E-state index contributed by atoms with van der Waals surface area (Å²) in [5.41, 5.74) is 3.80. The minimum Gasteiger partial charge on any atom is -0.356 e. The third-order valence-electron chi connectivity index (χ3n) is 4.25. The van der Waals surface area contributed by atoms with E-state index in [1.54, 1.807) is 54.6 Å². The average Bonchev–Trinajstić information content (AvgIpc) is 2.74. The maximum absolute atomic E-state index is 12.6. The number of hydrogen-bond acceptors (Lipinski definition) is 4. The molecule has 0 aliphatic carbocycles. The summed E-state index contributed by atoms with van der Waals surface area (Å²) < 4.78 is 0. The molecule has 0 unspecified atom stereocenters. The monoisotopic (exact) mass is 398 g/mol. The highest BCUT2D eigenvalue weighted by atomic mass is 16.2. The van der Waals surface area contributed by atoms with E-state index < -0.39 is 0 Å². The van der Waals surface area contributed by atoms with Gasteiger partial charge < -0.3 is 16.0 Å². The average molecular weight is 398 g/mol. The van der Waals surface area contributed by atoms with Crippen molar-refractivity contribution in [3.63, 3.8) is 0 Å². The number of carbonyl (C=O) groups is 2. The molecule has 6 heteroatoms. The fourth-order valence-electron chi connectivity index (χ4n) is 2.79. The Morgan fingerprint density at radius 1 is 0.800 bits per heavy atom. The zero-order chi connectivity index (χ0) is 21.5. The maximum Gasteiger partial charge on any atom is 0.255 e. The molecule has 0 aliphatic rings. The van der Waals surface area contributed by atoms with Crippen molar-refractivity contribution in [1.82, 2.24) is 5.32 Å². The zero-order valence-electron chi connectivity index (χ0n) is 16.8. The van der Waals surface area contributed by atoms with E-state index in [0.717, 1.165) is 11.4 Å². The van der Waals surface area contributed by atoms with Crippen LogP contribution in [0.3, 0.4) is 0 Å². The first kappa shape index (κ1) is 20.6. The van der Waals surface area contributed by atoms with Gasteiger partial charge in [-0.1, -0.05) is 6.07 Å². The number of carbonyl (C=O) groups excluding carboxylic acids is 2. The second kappa shape index (κ2) is 9.39. The lowest BCUT2D eigenvalue weighted by Crippen LogP contribution is -2.30. The van der Waals surface area contributed by atoms with Crippen LogP contribution in [0.2, 0.25) is 0 Å². The number of nitriles is 1. The molecule has 0 atom stereocenters. The van der Waals surface area contributed by atoms with Gasteiger partial charge in [0.1, 0.15) is 0 Å². The molecule has 3 N–H and O–H groups in total. The van der Waals surface area contributed by atoms with Gasteiger partial charge in [-0.3, -0.25) is 9.59 Å². The van der Waals surface area contributed by atoms with Gasteiger partial charge in [0.15, 0.2) is 0 Å². The maximum atomic E-state index is 12.6. The van der Waals surface area contributed by atoms with Crippen molar-refractivity contribution >= 4 is 28.9 Å². The Morgan fingerprint density at radius 2 is 1.47 bits per heavy atom. The van der Waals surface area contributed by atoms with E-state index in [-0.39, 0.29) is 17.9 Å². The van der Waals surface area contributed by atoms with Gasteiger partial charge in [0.05, 0.1) is 11.6 Å². The van der Waals surface area contributed by atoms with Crippen molar-refractivity contribution in [3.8, 4) is 6.07 Å². The van der Waals surface area contributed by atoms with Gasteiger partial charge in [0.2, 0.25) is 0 Å². The summed E-state index contributed by atoms with van der Waals surface area (Å²) in [5.74, 6) is -0.401. The van der Waals surface area contributed by atoms with Gasteiger partial charge in [-0.05, 0) is 80.6 Å². The van der Waals surface area contributed by atoms with Crippen LogP contribution in [0.15, 0.2) is 72.8 Å². The molecule has 0 aliphatic heterocycles. The molecular weight excluding hydrogens is 376 g/mol. The van der Waals surface area contributed by atoms with Crippen LogP contribution >= 0.6 is 0 Å². The summed E-state index contributed by atoms with van der Waals surface area (Å²) in [4.78, 5) is 24.6. The van der Waals surface area contributed by atoms with Gasteiger partial charge in [0.25, 0.3) is 11.8 Å². The van der Waals surface area contributed by atoms with Crippen molar-refractivity contribution < 1.29 is 9.59 Å². The second-order valence-electron chi connectivity index (χ2n) is 7.05. The Hall–Kier alpha value is -4.11. The summed E-state index contributed by atoms with van der Waals surface area (Å²) in [6.07, 6.45) is 0. The normalized spacial score (nSPS) is 10.2. The summed E-state index contributed by atoms with van der Waals surface area (Å²) >= 11 is 0. The van der Waals surface area contributed by atoms with E-state index in [1.165, 1.54) is 0 Å². The molecule has 0 saturated carbocycles. The summed E-state index contributed by atoms with van der Waals surface area (Å²) in [6.45, 7) is 3.80. The van der Waals surface area contributed by atoms with E-state index in [2.05, 4.69) is 22.0 Å². The minimum atomic E-state index is -0.252. The van der Waals surface area contributed by atoms with E-state index in [0.29, 0.717) is 22.4 Å². The Bertz CT molecular complexity index is 1080. The topological polar surface area (TPSA) is 94.0 Å². The number of amides is 2. The first-order valence-corrected chi connectivity index (χ1v) is 9.54. The van der Waals surface area contributed by atoms with Crippen LogP contribution in [0, 0.1) is 11.3 Å². The molecule has 3 aromatic rings. The van der Waals surface area contributed by atoms with E-state index >= 15 is 0 Å². The molecule has 0 spiro atoms. The molecule has 3 rings (SSSR count). The molecule has 6 nitrogen and oxygen atoms in total. The van der Waals surface area contributed by atoms with Crippen LogP contribution in [-0.4, -0.2) is 17.9 Å². The number of rotatable bonds is 6. The largest absolute Gasteiger partial charge is 0.356 e. The van der Waals surface area contributed by atoms with Crippen molar-refractivity contribution in [2.24, 2.45) is 0 Å². The second-order valence-corrected chi connectivity index (χ2v) is 7.05. The first-order chi connectivity index (χ1) is 14.4. The predicted octanol–water partition coefficient (Wildman–Crippen LogP) is 4.69. The standard InChI is InChI=1S/C24H22N4O2/c1-16(2)26-23(29)18-8-12-21(13-9-18)28-24(30)19-4-3-5-22(14-19)27-20-10-6-17(15-25)7-11-20/h3-14,16,27H,1-2H3,(H,26,29)(H,28,30). The predicted molar refractivity (Wildman–Crippen MR) is 118 cm³/mol. The lowest BCUT2D eigenvalue weighted by atomic mass is 10.1. The zero-order valence-corrected chi connectivity index (χ0v) is 16.8. The molecule has 0 saturated heterocycles. The third kappa shape index (κ3) is 5.46. The quantitative estimate of drug-likeness (QED) is 0.561. The molecule has 0 fully saturated rings. The van der Waals surface area contributed by atoms with Crippen molar-refractivity contribution in [3.05, 3.63) is 89.5 Å². The van der Waals surface area contributed by atoms with Crippen LogP contribution in [-0.2, 0) is 0 Å². The first-order valence-electron chi connectivity index (χ1n) is 9.54. The van der Waals surface area contributed by atoms with Crippen LogP contribution < -0.4 is 16.0 Å². The summed E-state index contributed by atoms with van der Waals surface area (Å²) in [5, 5.41) is 17.8. The number of nitrogens with one attached hydrogen (secondary N) is 3. The van der Waals surface area contributed by atoms with Gasteiger partial charge in [-0.25, -0.2) is 0 Å². The van der Waals surface area contributed by atoms with Crippen LogP contribution in [0.4, 0.5) is 17.1 Å². The van der Waals surface area contributed by atoms with Crippen molar-refractivity contribution in [2.45, 2.75) is 19.9 Å². The Labute approximate surface area is 175 Å². The van der Waals surface area contributed by atoms with Gasteiger partial charge in [-0.2, -0.15) is 5.26 Å². The number of hydrogen-bond donors (Lipinski definition) is 3. The van der Waals surface area contributed by atoms with Crippen molar-refractivity contribution in [2.75, 3.05) is 10.6 Å². The van der Waals surface area contributed by atoms with Gasteiger partial charge in [0, 0.05) is 34.2 Å². The SMILES string of the molecule is CC(C)NC(=O)c1ccc(NC(=O)c2cccc(Nc3ccc(C#N)cc3)c2)cc1. The highest BCUT2D eigenvalue weighted by Gasteiger charge is 2.10. The molecule has 0 aromatic heterocycles. The molecule has 3 aromatic carbocycles. The lowest BCUT2D eigenvalue weighted by Gasteiger charge is -2.11. The highest BCUT2D eigenvalue weighted by molar-refractivity contribution is 6.05. The van der Waals surface area contributed by atoms with Crippen LogP contribution in [0.5, 0.6) is 0 Å². The molecule has 0 radical (unpaired) electrons. The van der Waals surface area contributed by atoms with Crippen LogP contribution in [0.25, 0.3) is 0 Å². The Morgan fingerprint density at radius 3 is 2.10 bits per heavy atom. The molecule has 0 bridgehead atoms. The van der Waals surface area contributed by atoms with Gasteiger partial charge in [-0.15, -0.1) is 0 Å². The molecular formula is C24H22N4O2. The van der Waals surface area contributed by atoms with E-state index in [1.807, 2.05) is 32.0 Å².